The van der Waals surface area contributed by atoms with Gasteiger partial charge in [-0.25, -0.2) is 4.98 Å². The standard InChI is InChI=1S/C42H82N2/c1-5-8-11-14-17-19-20-21-22-23-24-26-28-31-34-37-41(36-33-30-27-25-18-15-12-9-6-2)42-43-38-39-44(42)40(4)35-32-29-16-13-10-7-3/h38-41H,5-37H2,1-4H3. The first-order valence-electron chi connectivity index (χ1n) is 20.8. The molecule has 0 N–H and O–H groups in total. The summed E-state index contributed by atoms with van der Waals surface area (Å²) in [6.45, 7) is 9.38. The van der Waals surface area contributed by atoms with Crippen molar-refractivity contribution in [2.75, 3.05) is 0 Å². The second kappa shape index (κ2) is 32.2. The van der Waals surface area contributed by atoms with Crippen LogP contribution in [-0.2, 0) is 0 Å². The Morgan fingerprint density at radius 3 is 1.07 bits per heavy atom. The fraction of sp³-hybridized carbons (Fsp3) is 0.929. The highest BCUT2D eigenvalue weighted by atomic mass is 15.1. The molecule has 1 rings (SSSR count). The molecule has 2 atom stereocenters. The molecule has 1 heterocycles. The number of nitrogens with zero attached hydrogens (tertiary/aromatic N) is 2. The Balaban J connectivity index is 2.36. The zero-order chi connectivity index (χ0) is 31.8. The lowest BCUT2D eigenvalue weighted by Crippen LogP contribution is -2.13. The van der Waals surface area contributed by atoms with E-state index < -0.39 is 0 Å². The molecule has 0 aliphatic carbocycles. The first-order chi connectivity index (χ1) is 21.7. The van der Waals surface area contributed by atoms with Gasteiger partial charge in [-0.2, -0.15) is 0 Å². The van der Waals surface area contributed by atoms with Crippen molar-refractivity contribution in [3.8, 4) is 0 Å². The number of unbranched alkanes of at least 4 members (excludes halogenated alkanes) is 27. The third-order valence-corrected chi connectivity index (χ3v) is 10.3. The molecular formula is C42H82N2. The van der Waals surface area contributed by atoms with E-state index in [0.29, 0.717) is 12.0 Å². The summed E-state index contributed by atoms with van der Waals surface area (Å²) in [5, 5.41) is 0. The molecule has 0 radical (unpaired) electrons. The normalized spacial score (nSPS) is 13.1. The molecule has 2 unspecified atom stereocenters. The number of imidazole rings is 1. The molecule has 0 spiro atoms. The van der Waals surface area contributed by atoms with Crippen LogP contribution in [0.25, 0.3) is 0 Å². The molecule has 0 amide bonds. The summed E-state index contributed by atoms with van der Waals surface area (Å²) in [4.78, 5) is 5.01. The molecule has 44 heavy (non-hydrogen) atoms. The maximum Gasteiger partial charge on any atom is 0.111 e. The highest BCUT2D eigenvalue weighted by molar-refractivity contribution is 5.02. The van der Waals surface area contributed by atoms with Gasteiger partial charge in [0.2, 0.25) is 0 Å². The summed E-state index contributed by atoms with van der Waals surface area (Å²) in [6.07, 6.45) is 51.2. The van der Waals surface area contributed by atoms with E-state index in [1.165, 1.54) is 218 Å². The minimum absolute atomic E-state index is 0.588. The van der Waals surface area contributed by atoms with Crippen LogP contribution in [-0.4, -0.2) is 9.55 Å². The Bertz CT molecular complexity index is 679. The minimum atomic E-state index is 0.588. The second-order valence-electron chi connectivity index (χ2n) is 14.7. The van der Waals surface area contributed by atoms with Gasteiger partial charge in [0, 0.05) is 24.4 Å². The van der Waals surface area contributed by atoms with Crippen LogP contribution in [0.15, 0.2) is 12.4 Å². The summed E-state index contributed by atoms with van der Waals surface area (Å²) in [6, 6.07) is 0.588. The van der Waals surface area contributed by atoms with E-state index in [-0.39, 0.29) is 0 Å². The van der Waals surface area contributed by atoms with E-state index in [9.17, 15) is 0 Å². The zero-order valence-electron chi connectivity index (χ0n) is 31.0. The molecule has 0 bridgehead atoms. The van der Waals surface area contributed by atoms with Gasteiger partial charge in [0.25, 0.3) is 0 Å². The van der Waals surface area contributed by atoms with Crippen LogP contribution in [0.1, 0.15) is 257 Å². The van der Waals surface area contributed by atoms with Crippen molar-refractivity contribution in [3.05, 3.63) is 18.2 Å². The predicted octanol–water partition coefficient (Wildman–Crippen LogP) is 15.5. The van der Waals surface area contributed by atoms with Gasteiger partial charge in [0.1, 0.15) is 5.82 Å². The van der Waals surface area contributed by atoms with Crippen molar-refractivity contribution >= 4 is 0 Å². The van der Waals surface area contributed by atoms with Crippen molar-refractivity contribution < 1.29 is 0 Å². The molecular weight excluding hydrogens is 532 g/mol. The van der Waals surface area contributed by atoms with Crippen LogP contribution in [0.2, 0.25) is 0 Å². The van der Waals surface area contributed by atoms with Crippen LogP contribution in [0.4, 0.5) is 0 Å². The minimum Gasteiger partial charge on any atom is -0.332 e. The third-order valence-electron chi connectivity index (χ3n) is 10.3. The van der Waals surface area contributed by atoms with E-state index in [2.05, 4.69) is 44.7 Å². The van der Waals surface area contributed by atoms with E-state index in [1.807, 2.05) is 0 Å². The summed E-state index contributed by atoms with van der Waals surface area (Å²) < 4.78 is 2.58. The van der Waals surface area contributed by atoms with Crippen LogP contribution in [0.3, 0.4) is 0 Å². The fourth-order valence-corrected chi connectivity index (χ4v) is 7.24. The average Bonchev–Trinajstić information content (AvgIpc) is 3.53. The maximum absolute atomic E-state index is 5.01. The molecule has 0 aliphatic heterocycles. The van der Waals surface area contributed by atoms with Crippen molar-refractivity contribution in [1.82, 2.24) is 9.55 Å². The SMILES string of the molecule is CCCCCCCCCCCCCCCCCC(CCCCCCCCCCC)c1nccn1C(C)CCCCCCCC. The second-order valence-corrected chi connectivity index (χ2v) is 14.7. The molecule has 0 fully saturated rings. The molecule has 1 aromatic heterocycles. The van der Waals surface area contributed by atoms with E-state index in [4.69, 9.17) is 4.98 Å². The summed E-state index contributed by atoms with van der Waals surface area (Å²) in [5.41, 5.74) is 0. The first kappa shape index (κ1) is 41.2. The van der Waals surface area contributed by atoms with Crippen LogP contribution in [0.5, 0.6) is 0 Å². The average molecular weight is 615 g/mol. The van der Waals surface area contributed by atoms with E-state index in [1.54, 1.807) is 0 Å². The van der Waals surface area contributed by atoms with Gasteiger partial charge in [0.05, 0.1) is 0 Å². The lowest BCUT2D eigenvalue weighted by molar-refractivity contribution is 0.412. The van der Waals surface area contributed by atoms with Gasteiger partial charge >= 0.3 is 0 Å². The highest BCUT2D eigenvalue weighted by Gasteiger charge is 2.19. The number of hydrogen-bond donors (Lipinski definition) is 0. The van der Waals surface area contributed by atoms with E-state index >= 15 is 0 Å². The molecule has 1 aromatic rings. The quantitative estimate of drug-likeness (QED) is 0.0695. The Labute approximate surface area is 278 Å². The largest absolute Gasteiger partial charge is 0.332 e. The zero-order valence-corrected chi connectivity index (χ0v) is 31.0. The van der Waals surface area contributed by atoms with Crippen molar-refractivity contribution in [2.24, 2.45) is 0 Å². The van der Waals surface area contributed by atoms with Gasteiger partial charge < -0.3 is 4.57 Å². The molecule has 0 saturated carbocycles. The van der Waals surface area contributed by atoms with Crippen LogP contribution >= 0.6 is 0 Å². The van der Waals surface area contributed by atoms with Gasteiger partial charge in [-0.05, 0) is 26.2 Å². The topological polar surface area (TPSA) is 17.8 Å². The monoisotopic (exact) mass is 615 g/mol. The van der Waals surface area contributed by atoms with Gasteiger partial charge in [-0.3, -0.25) is 0 Å². The Morgan fingerprint density at radius 2 is 0.727 bits per heavy atom. The van der Waals surface area contributed by atoms with Crippen LogP contribution in [0, 0.1) is 0 Å². The molecule has 0 aromatic carbocycles. The van der Waals surface area contributed by atoms with Gasteiger partial charge in [0.15, 0.2) is 0 Å². The third kappa shape index (κ3) is 23.5. The fourth-order valence-electron chi connectivity index (χ4n) is 7.24. The van der Waals surface area contributed by atoms with Crippen molar-refractivity contribution in [2.45, 2.75) is 252 Å². The highest BCUT2D eigenvalue weighted by Crippen LogP contribution is 2.31. The maximum atomic E-state index is 5.01. The first-order valence-corrected chi connectivity index (χ1v) is 20.8. The molecule has 2 nitrogen and oxygen atoms in total. The molecule has 260 valence electrons. The Hall–Kier alpha value is -0.790. The Morgan fingerprint density at radius 1 is 0.432 bits per heavy atom. The Kier molecular flexibility index (Phi) is 30.1. The number of hydrogen-bond acceptors (Lipinski definition) is 1. The van der Waals surface area contributed by atoms with Gasteiger partial charge in [-0.1, -0.05) is 213 Å². The van der Waals surface area contributed by atoms with Gasteiger partial charge in [-0.15, -0.1) is 0 Å². The van der Waals surface area contributed by atoms with Crippen molar-refractivity contribution in [3.63, 3.8) is 0 Å². The number of aromatic nitrogens is 2. The lowest BCUT2D eigenvalue weighted by atomic mass is 9.92. The molecule has 2 heteroatoms. The van der Waals surface area contributed by atoms with E-state index in [0.717, 1.165) is 0 Å². The summed E-state index contributed by atoms with van der Waals surface area (Å²) in [7, 11) is 0. The summed E-state index contributed by atoms with van der Waals surface area (Å²) >= 11 is 0. The van der Waals surface area contributed by atoms with Crippen LogP contribution < -0.4 is 0 Å². The number of rotatable bonds is 35. The lowest BCUT2D eigenvalue weighted by Gasteiger charge is -2.22. The summed E-state index contributed by atoms with van der Waals surface area (Å²) in [5.74, 6) is 2.07. The predicted molar refractivity (Wildman–Crippen MR) is 199 cm³/mol. The smallest absolute Gasteiger partial charge is 0.111 e. The van der Waals surface area contributed by atoms with Crippen molar-refractivity contribution in [1.29, 1.82) is 0 Å². The molecule has 0 saturated heterocycles. The molecule has 0 aliphatic rings.